The summed E-state index contributed by atoms with van der Waals surface area (Å²) in [5, 5.41) is 0. The highest BCUT2D eigenvalue weighted by atomic mass is 16.5. The largest absolute Gasteiger partial charge is 0.377 e. The molecular formula is C15H25N5O. The first kappa shape index (κ1) is 14.7. The number of likely N-dealkylation sites (N-methyl/N-ethyl adjacent to an activating group) is 1. The van der Waals surface area contributed by atoms with Crippen molar-refractivity contribution in [3.05, 3.63) is 18.1 Å². The molecule has 3 rings (SSSR count). The first-order valence-corrected chi connectivity index (χ1v) is 7.82. The number of ether oxygens (including phenoxy) is 1. The van der Waals surface area contributed by atoms with Gasteiger partial charge >= 0.3 is 0 Å². The van der Waals surface area contributed by atoms with Crippen LogP contribution < -0.4 is 4.90 Å². The lowest BCUT2D eigenvalue weighted by Crippen LogP contribution is -2.63. The molecule has 116 valence electrons. The standard InChI is InChI=1S/C15H25N5O/c1-3-18-6-8-19(9-7-18)13-10-20(11-13)15-4-5-16-14(17-15)12-21-2/h4-5,13H,3,6-12H2,1-2H3. The van der Waals surface area contributed by atoms with Gasteiger partial charge in [0.25, 0.3) is 0 Å². The summed E-state index contributed by atoms with van der Waals surface area (Å²) in [7, 11) is 1.67. The van der Waals surface area contributed by atoms with E-state index in [1.54, 1.807) is 7.11 Å². The van der Waals surface area contributed by atoms with Gasteiger partial charge < -0.3 is 14.5 Å². The minimum absolute atomic E-state index is 0.476. The average molecular weight is 291 g/mol. The zero-order valence-corrected chi connectivity index (χ0v) is 13.0. The Labute approximate surface area is 126 Å². The van der Waals surface area contributed by atoms with Gasteiger partial charge in [0.2, 0.25) is 0 Å². The van der Waals surface area contributed by atoms with Crippen LogP contribution in [0, 0.1) is 0 Å². The van der Waals surface area contributed by atoms with Gasteiger partial charge in [-0.25, -0.2) is 9.97 Å². The highest BCUT2D eigenvalue weighted by Gasteiger charge is 2.34. The third kappa shape index (κ3) is 3.33. The van der Waals surface area contributed by atoms with Crippen molar-refractivity contribution in [3.63, 3.8) is 0 Å². The lowest BCUT2D eigenvalue weighted by Gasteiger charge is -2.48. The van der Waals surface area contributed by atoms with Crippen molar-refractivity contribution in [3.8, 4) is 0 Å². The van der Waals surface area contributed by atoms with Crippen LogP contribution in [-0.2, 0) is 11.3 Å². The molecule has 6 nitrogen and oxygen atoms in total. The van der Waals surface area contributed by atoms with Crippen LogP contribution in [0.3, 0.4) is 0 Å². The molecule has 2 aliphatic rings. The number of piperazine rings is 1. The summed E-state index contributed by atoms with van der Waals surface area (Å²) in [5.74, 6) is 1.79. The fourth-order valence-corrected chi connectivity index (χ4v) is 3.08. The molecule has 1 aromatic rings. The minimum atomic E-state index is 0.476. The van der Waals surface area contributed by atoms with Crippen molar-refractivity contribution >= 4 is 5.82 Å². The number of hydrogen-bond acceptors (Lipinski definition) is 6. The Morgan fingerprint density at radius 2 is 2.00 bits per heavy atom. The Bertz CT molecular complexity index is 455. The summed E-state index contributed by atoms with van der Waals surface area (Å²) in [5.41, 5.74) is 0. The summed E-state index contributed by atoms with van der Waals surface area (Å²) in [6.45, 7) is 10.9. The maximum Gasteiger partial charge on any atom is 0.156 e. The van der Waals surface area contributed by atoms with Gasteiger partial charge in [0, 0.05) is 58.6 Å². The second-order valence-electron chi connectivity index (χ2n) is 5.79. The predicted octanol–water partition coefficient (Wildman–Crippen LogP) is 0.449. The number of rotatable bonds is 5. The number of hydrogen-bond donors (Lipinski definition) is 0. The molecule has 0 aromatic carbocycles. The number of anilines is 1. The van der Waals surface area contributed by atoms with Crippen molar-refractivity contribution < 1.29 is 4.74 Å². The molecule has 3 heterocycles. The molecule has 2 aliphatic heterocycles. The summed E-state index contributed by atoms with van der Waals surface area (Å²) >= 11 is 0. The molecule has 2 fully saturated rings. The summed E-state index contributed by atoms with van der Waals surface area (Å²) in [6, 6.07) is 2.68. The third-order valence-electron chi connectivity index (χ3n) is 4.52. The van der Waals surface area contributed by atoms with E-state index in [0.29, 0.717) is 12.6 Å². The van der Waals surface area contributed by atoms with Crippen LogP contribution in [0.25, 0.3) is 0 Å². The predicted molar refractivity (Wildman–Crippen MR) is 82.4 cm³/mol. The smallest absolute Gasteiger partial charge is 0.156 e. The van der Waals surface area contributed by atoms with Crippen LogP contribution in [-0.4, -0.2) is 78.7 Å². The molecule has 0 amide bonds. The zero-order chi connectivity index (χ0) is 14.7. The van der Waals surface area contributed by atoms with Gasteiger partial charge in [-0.05, 0) is 12.6 Å². The summed E-state index contributed by atoms with van der Waals surface area (Å²) in [4.78, 5) is 16.2. The van der Waals surface area contributed by atoms with E-state index in [1.165, 1.54) is 32.7 Å². The SMILES string of the molecule is CCN1CCN(C2CN(c3ccnc(COC)n3)C2)CC1. The van der Waals surface area contributed by atoms with Gasteiger partial charge in [-0.2, -0.15) is 0 Å². The first-order valence-electron chi connectivity index (χ1n) is 7.82. The Hall–Kier alpha value is -1.24. The molecule has 0 radical (unpaired) electrons. The summed E-state index contributed by atoms with van der Waals surface area (Å²) < 4.78 is 5.09. The summed E-state index contributed by atoms with van der Waals surface area (Å²) in [6.07, 6.45) is 1.82. The van der Waals surface area contributed by atoms with Crippen molar-refractivity contribution in [2.24, 2.45) is 0 Å². The highest BCUT2D eigenvalue weighted by Crippen LogP contribution is 2.22. The first-order chi connectivity index (χ1) is 10.3. The van der Waals surface area contributed by atoms with Crippen LogP contribution in [0.15, 0.2) is 12.3 Å². The van der Waals surface area contributed by atoms with Crippen molar-refractivity contribution in [2.75, 3.05) is 57.8 Å². The van der Waals surface area contributed by atoms with Crippen molar-refractivity contribution in [1.29, 1.82) is 0 Å². The molecule has 2 saturated heterocycles. The van der Waals surface area contributed by atoms with Crippen LogP contribution >= 0.6 is 0 Å². The van der Waals surface area contributed by atoms with E-state index in [1.807, 2.05) is 12.3 Å². The Kier molecular flexibility index (Phi) is 4.67. The Morgan fingerprint density at radius 1 is 1.24 bits per heavy atom. The number of aromatic nitrogens is 2. The molecule has 6 heteroatoms. The number of nitrogens with zero attached hydrogens (tertiary/aromatic N) is 5. The van der Waals surface area contributed by atoms with Gasteiger partial charge in [0.05, 0.1) is 0 Å². The molecule has 0 N–H and O–H groups in total. The van der Waals surface area contributed by atoms with Gasteiger partial charge in [0.1, 0.15) is 12.4 Å². The minimum Gasteiger partial charge on any atom is -0.377 e. The molecule has 0 bridgehead atoms. The van der Waals surface area contributed by atoms with E-state index in [-0.39, 0.29) is 0 Å². The molecule has 1 aromatic heterocycles. The molecule has 21 heavy (non-hydrogen) atoms. The zero-order valence-electron chi connectivity index (χ0n) is 13.0. The lowest BCUT2D eigenvalue weighted by molar-refractivity contribution is 0.0858. The van der Waals surface area contributed by atoms with Crippen LogP contribution in [0.2, 0.25) is 0 Å². The second kappa shape index (κ2) is 6.68. The van der Waals surface area contributed by atoms with E-state index in [9.17, 15) is 0 Å². The van der Waals surface area contributed by atoms with E-state index < -0.39 is 0 Å². The normalized spacial score (nSPS) is 21.5. The fourth-order valence-electron chi connectivity index (χ4n) is 3.08. The Balaban J connectivity index is 1.50. The van der Waals surface area contributed by atoms with Crippen molar-refractivity contribution in [1.82, 2.24) is 19.8 Å². The van der Waals surface area contributed by atoms with Crippen LogP contribution in [0.5, 0.6) is 0 Å². The molecule has 0 atom stereocenters. The van der Waals surface area contributed by atoms with Gasteiger partial charge in [-0.1, -0.05) is 6.92 Å². The molecule has 0 spiro atoms. The second-order valence-corrected chi connectivity index (χ2v) is 5.79. The monoisotopic (exact) mass is 291 g/mol. The Morgan fingerprint density at radius 3 is 2.67 bits per heavy atom. The van der Waals surface area contributed by atoms with Gasteiger partial charge in [-0.3, -0.25) is 4.90 Å². The third-order valence-corrected chi connectivity index (χ3v) is 4.52. The van der Waals surface area contributed by atoms with E-state index >= 15 is 0 Å². The average Bonchev–Trinajstić information content (AvgIpc) is 2.47. The highest BCUT2D eigenvalue weighted by molar-refractivity contribution is 5.41. The molecular weight excluding hydrogens is 266 g/mol. The lowest BCUT2D eigenvalue weighted by atomic mass is 10.1. The number of methoxy groups -OCH3 is 1. The maximum absolute atomic E-state index is 5.09. The fraction of sp³-hybridized carbons (Fsp3) is 0.733. The van der Waals surface area contributed by atoms with Crippen molar-refractivity contribution in [2.45, 2.75) is 19.6 Å². The quantitative estimate of drug-likeness (QED) is 0.785. The maximum atomic E-state index is 5.09. The van der Waals surface area contributed by atoms with Gasteiger partial charge in [0.15, 0.2) is 5.82 Å². The van der Waals surface area contributed by atoms with E-state index in [0.717, 1.165) is 24.7 Å². The van der Waals surface area contributed by atoms with E-state index in [4.69, 9.17) is 4.74 Å². The van der Waals surface area contributed by atoms with Crippen LogP contribution in [0.4, 0.5) is 5.82 Å². The molecule has 0 saturated carbocycles. The molecule has 0 unspecified atom stereocenters. The topological polar surface area (TPSA) is 44.7 Å². The van der Waals surface area contributed by atoms with E-state index in [2.05, 4.69) is 31.6 Å². The van der Waals surface area contributed by atoms with Crippen LogP contribution in [0.1, 0.15) is 12.7 Å². The van der Waals surface area contributed by atoms with Gasteiger partial charge in [-0.15, -0.1) is 0 Å². The molecule has 0 aliphatic carbocycles.